The number of hydrogen-bond acceptors (Lipinski definition) is 4. The molecule has 1 aliphatic heterocycles. The Bertz CT molecular complexity index is 1920. The first-order valence-corrected chi connectivity index (χ1v) is 16.0. The molecule has 2 aromatic heterocycles. The molecule has 1 aliphatic rings. The summed E-state index contributed by atoms with van der Waals surface area (Å²) in [4.78, 5) is 13.9. The Kier molecular flexibility index (Phi) is 8.35. The molecule has 0 amide bonds. The summed E-state index contributed by atoms with van der Waals surface area (Å²) in [7, 11) is 1.97. The Hall–Kier alpha value is -3.94. The van der Waals surface area contributed by atoms with E-state index in [1.54, 1.807) is 12.1 Å². The monoisotopic (exact) mass is 644 g/mol. The topological polar surface area (TPSA) is 72.5 Å². The minimum absolute atomic E-state index is 0.166. The number of aryl methyl sites for hydroxylation is 5. The van der Waals surface area contributed by atoms with Gasteiger partial charge in [-0.2, -0.15) is 5.10 Å². The number of carbonyl (C=O) groups is 1. The Labute approximate surface area is 273 Å². The third-order valence-electron chi connectivity index (χ3n) is 9.15. The van der Waals surface area contributed by atoms with E-state index in [2.05, 4.69) is 29.4 Å². The van der Waals surface area contributed by atoms with Crippen molar-refractivity contribution in [2.75, 3.05) is 11.5 Å². The minimum Gasteiger partial charge on any atom is -0.494 e. The standard InChI is InChI=1S/C36H38Cl2N4O3/c1-20-16-27(17-21(2)34(20)38)45-15-7-8-28-29-13-14-30(37)33(32-23(4)39-40(6)24(32)5)35(29)42-18-22(3)41(19-31(28)42)26-11-9-25(10-12-26)36(43)44/h9-14,16-17,22H,7-8,15,18-19H2,1-6H3,(H,43,44)/t22-/m1/s1. The van der Waals surface area contributed by atoms with E-state index >= 15 is 0 Å². The molecule has 9 heteroatoms. The molecule has 0 fully saturated rings. The van der Waals surface area contributed by atoms with E-state index in [-0.39, 0.29) is 11.6 Å². The van der Waals surface area contributed by atoms with Gasteiger partial charge in [0.05, 0.1) is 34.9 Å². The number of rotatable bonds is 8. The zero-order chi connectivity index (χ0) is 32.2. The van der Waals surface area contributed by atoms with Crippen LogP contribution in [0.1, 0.15) is 57.5 Å². The molecular weight excluding hydrogens is 607 g/mol. The van der Waals surface area contributed by atoms with E-state index in [0.29, 0.717) is 18.2 Å². The van der Waals surface area contributed by atoms with Gasteiger partial charge in [0.25, 0.3) is 0 Å². The number of benzene rings is 3. The van der Waals surface area contributed by atoms with Crippen LogP contribution in [0.3, 0.4) is 0 Å². The van der Waals surface area contributed by atoms with Gasteiger partial charge in [-0.25, -0.2) is 4.79 Å². The molecule has 7 nitrogen and oxygen atoms in total. The van der Waals surface area contributed by atoms with E-state index in [0.717, 1.165) is 75.0 Å². The van der Waals surface area contributed by atoms with Crippen molar-refractivity contribution in [1.82, 2.24) is 14.3 Å². The van der Waals surface area contributed by atoms with Gasteiger partial charge in [0.2, 0.25) is 0 Å². The average molecular weight is 646 g/mol. The maximum atomic E-state index is 11.5. The molecular formula is C36H38Cl2N4O3. The van der Waals surface area contributed by atoms with Crippen molar-refractivity contribution in [1.29, 1.82) is 0 Å². The van der Waals surface area contributed by atoms with Gasteiger partial charge in [-0.15, -0.1) is 0 Å². The van der Waals surface area contributed by atoms with Crippen LogP contribution in [0.15, 0.2) is 48.5 Å². The van der Waals surface area contributed by atoms with Crippen LogP contribution in [0.2, 0.25) is 10.0 Å². The summed E-state index contributed by atoms with van der Waals surface area (Å²) in [6, 6.07) is 15.5. The van der Waals surface area contributed by atoms with Crippen LogP contribution in [0, 0.1) is 27.7 Å². The molecule has 0 aliphatic carbocycles. The molecule has 3 heterocycles. The first-order chi connectivity index (χ1) is 21.5. The SMILES string of the molecule is Cc1cc(OCCCc2c3n(c4c(-c5c(C)nn(C)c5C)c(Cl)ccc24)C[C@@H](C)N(c2ccc(C(=O)O)cc2)C3)cc(C)c1Cl. The zero-order valence-electron chi connectivity index (χ0n) is 26.5. The number of halogens is 2. The number of anilines is 1. The molecule has 0 spiro atoms. The van der Waals surface area contributed by atoms with Gasteiger partial charge >= 0.3 is 5.97 Å². The number of hydrogen-bond donors (Lipinski definition) is 1. The van der Waals surface area contributed by atoms with Crippen molar-refractivity contribution in [3.8, 4) is 16.9 Å². The smallest absolute Gasteiger partial charge is 0.335 e. The number of carboxylic acids is 1. The number of nitrogens with zero attached hydrogens (tertiary/aromatic N) is 4. The minimum atomic E-state index is -0.924. The molecule has 1 N–H and O–H groups in total. The number of fused-ring (bicyclic) bond motifs is 3. The molecule has 0 saturated heterocycles. The van der Waals surface area contributed by atoms with Crippen LogP contribution in [-0.2, 0) is 26.6 Å². The lowest BCUT2D eigenvalue weighted by molar-refractivity contribution is 0.0697. The van der Waals surface area contributed by atoms with Gasteiger partial charge < -0.3 is 19.3 Å². The quantitative estimate of drug-likeness (QED) is 0.171. The second kappa shape index (κ2) is 12.1. The van der Waals surface area contributed by atoms with E-state index < -0.39 is 5.97 Å². The van der Waals surface area contributed by atoms with Crippen molar-refractivity contribution in [3.63, 3.8) is 0 Å². The van der Waals surface area contributed by atoms with Crippen LogP contribution in [0.4, 0.5) is 5.69 Å². The summed E-state index contributed by atoms with van der Waals surface area (Å²) in [6.07, 6.45) is 1.66. The highest BCUT2D eigenvalue weighted by molar-refractivity contribution is 6.35. The lowest BCUT2D eigenvalue weighted by Gasteiger charge is -2.37. The highest BCUT2D eigenvalue weighted by Gasteiger charge is 2.31. The van der Waals surface area contributed by atoms with Crippen LogP contribution >= 0.6 is 23.2 Å². The number of aromatic carboxylic acids is 1. The van der Waals surface area contributed by atoms with Crippen molar-refractivity contribution in [3.05, 3.63) is 97.9 Å². The van der Waals surface area contributed by atoms with Gasteiger partial charge in [0.1, 0.15) is 5.75 Å². The molecule has 234 valence electrons. The normalized spacial score (nSPS) is 14.7. The van der Waals surface area contributed by atoms with Crippen molar-refractivity contribution >= 4 is 45.8 Å². The molecule has 3 aromatic carbocycles. The highest BCUT2D eigenvalue weighted by atomic mass is 35.5. The Morgan fingerprint density at radius 3 is 2.33 bits per heavy atom. The molecule has 0 saturated carbocycles. The molecule has 1 atom stereocenters. The number of aromatic nitrogens is 3. The van der Waals surface area contributed by atoms with Crippen molar-refractivity contribution in [2.45, 2.75) is 66.6 Å². The Balaban J connectivity index is 1.42. The summed E-state index contributed by atoms with van der Waals surface area (Å²) in [5.74, 6) is -0.0910. The van der Waals surface area contributed by atoms with Gasteiger partial charge in [0, 0.05) is 58.2 Å². The first kappa shape index (κ1) is 31.1. The molecule has 0 bridgehead atoms. The summed E-state index contributed by atoms with van der Waals surface area (Å²) in [6.45, 7) is 12.4. The third-order valence-corrected chi connectivity index (χ3v) is 10.1. The fraction of sp³-hybridized carbons (Fsp3) is 0.333. The average Bonchev–Trinajstić information content (AvgIpc) is 3.44. The maximum absolute atomic E-state index is 11.5. The van der Waals surface area contributed by atoms with E-state index in [1.165, 1.54) is 16.6 Å². The number of carboxylic acid groups (broad SMARTS) is 1. The van der Waals surface area contributed by atoms with Crippen LogP contribution in [-0.4, -0.2) is 38.1 Å². The lowest BCUT2D eigenvalue weighted by atomic mass is 9.98. The molecule has 5 aromatic rings. The van der Waals surface area contributed by atoms with Gasteiger partial charge in [0.15, 0.2) is 0 Å². The van der Waals surface area contributed by atoms with Gasteiger partial charge in [-0.3, -0.25) is 4.68 Å². The largest absolute Gasteiger partial charge is 0.494 e. The van der Waals surface area contributed by atoms with E-state index in [4.69, 9.17) is 33.0 Å². The van der Waals surface area contributed by atoms with E-state index in [9.17, 15) is 9.90 Å². The summed E-state index contributed by atoms with van der Waals surface area (Å²) < 4.78 is 10.6. The molecule has 6 rings (SSSR count). The Morgan fingerprint density at radius 1 is 1.02 bits per heavy atom. The fourth-order valence-corrected chi connectivity index (χ4v) is 7.18. The summed E-state index contributed by atoms with van der Waals surface area (Å²) in [5, 5.41) is 16.8. The molecule has 0 unspecified atom stereocenters. The zero-order valence-corrected chi connectivity index (χ0v) is 28.1. The van der Waals surface area contributed by atoms with E-state index in [1.807, 2.05) is 62.8 Å². The van der Waals surface area contributed by atoms with Crippen LogP contribution in [0.25, 0.3) is 22.0 Å². The van der Waals surface area contributed by atoms with Crippen molar-refractivity contribution in [2.24, 2.45) is 7.05 Å². The summed E-state index contributed by atoms with van der Waals surface area (Å²) in [5.41, 5.74) is 11.1. The third kappa shape index (κ3) is 5.57. The second-order valence-corrected chi connectivity index (χ2v) is 13.0. The lowest BCUT2D eigenvalue weighted by Crippen LogP contribution is -2.41. The second-order valence-electron chi connectivity index (χ2n) is 12.2. The van der Waals surface area contributed by atoms with Crippen molar-refractivity contribution < 1.29 is 14.6 Å². The van der Waals surface area contributed by atoms with Crippen LogP contribution < -0.4 is 9.64 Å². The van der Waals surface area contributed by atoms with Gasteiger partial charge in [-0.05, 0) is 107 Å². The first-order valence-electron chi connectivity index (χ1n) is 15.3. The molecule has 0 radical (unpaired) electrons. The highest BCUT2D eigenvalue weighted by Crippen LogP contribution is 2.44. The predicted molar refractivity (Wildman–Crippen MR) is 182 cm³/mol. The Morgan fingerprint density at radius 2 is 1.71 bits per heavy atom. The summed E-state index contributed by atoms with van der Waals surface area (Å²) >= 11 is 13.4. The van der Waals surface area contributed by atoms with Gasteiger partial charge in [-0.1, -0.05) is 29.3 Å². The van der Waals surface area contributed by atoms with Crippen LogP contribution in [0.5, 0.6) is 5.75 Å². The molecule has 45 heavy (non-hydrogen) atoms. The maximum Gasteiger partial charge on any atom is 0.335 e. The number of ether oxygens (including phenoxy) is 1. The predicted octanol–water partition coefficient (Wildman–Crippen LogP) is 8.70. The fourth-order valence-electron chi connectivity index (χ4n) is 6.83.